The number of nitrogens with zero attached hydrogens (tertiary/aromatic N) is 1. The minimum absolute atomic E-state index is 0.0735. The van der Waals surface area contributed by atoms with Crippen molar-refractivity contribution in [1.29, 1.82) is 5.26 Å². The van der Waals surface area contributed by atoms with Gasteiger partial charge < -0.3 is 25.0 Å². The van der Waals surface area contributed by atoms with E-state index in [0.717, 1.165) is 37.1 Å². The van der Waals surface area contributed by atoms with Gasteiger partial charge in [-0.15, -0.1) is 0 Å². The zero-order chi connectivity index (χ0) is 22.1. The molecule has 1 unspecified atom stereocenters. The lowest BCUT2D eigenvalue weighted by atomic mass is 9.70. The van der Waals surface area contributed by atoms with Crippen molar-refractivity contribution in [3.63, 3.8) is 0 Å². The summed E-state index contributed by atoms with van der Waals surface area (Å²) in [4.78, 5) is 0. The monoisotopic (exact) mass is 412 g/mol. The van der Waals surface area contributed by atoms with Gasteiger partial charge in [-0.2, -0.15) is 5.26 Å². The lowest BCUT2D eigenvalue weighted by Crippen LogP contribution is -2.32. The summed E-state index contributed by atoms with van der Waals surface area (Å²) in [6.45, 7) is 5.69. The van der Waals surface area contributed by atoms with Crippen LogP contribution in [0.2, 0.25) is 0 Å². The Kier molecular flexibility index (Phi) is 8.37. The molecule has 0 amide bonds. The zero-order valence-corrected chi connectivity index (χ0v) is 18.2. The number of hydrogen-bond donors (Lipinski definition) is 3. The van der Waals surface area contributed by atoms with E-state index in [1.807, 2.05) is 32.0 Å². The van der Waals surface area contributed by atoms with Crippen LogP contribution in [-0.4, -0.2) is 37.5 Å². The fraction of sp³-hybridized carbons (Fsp3) is 0.458. The molecule has 0 heterocycles. The van der Waals surface area contributed by atoms with E-state index in [-0.39, 0.29) is 17.4 Å². The number of nitrogens with one attached hydrogen (secondary N) is 1. The fourth-order valence-electron chi connectivity index (χ4n) is 3.70. The fourth-order valence-corrected chi connectivity index (χ4v) is 3.70. The molecule has 0 aliphatic rings. The van der Waals surface area contributed by atoms with Crippen molar-refractivity contribution in [2.24, 2.45) is 5.92 Å². The van der Waals surface area contributed by atoms with Crippen molar-refractivity contribution in [2.45, 2.75) is 38.5 Å². The van der Waals surface area contributed by atoms with Crippen LogP contribution in [0.4, 0.5) is 0 Å². The second-order valence-corrected chi connectivity index (χ2v) is 7.73. The highest BCUT2D eigenvalue weighted by Crippen LogP contribution is 2.40. The van der Waals surface area contributed by atoms with Crippen molar-refractivity contribution in [1.82, 2.24) is 5.32 Å². The van der Waals surface area contributed by atoms with Crippen molar-refractivity contribution in [3.8, 4) is 29.1 Å². The molecular formula is C24H32N2O4. The Labute approximate surface area is 179 Å². The molecule has 2 aromatic carbocycles. The van der Waals surface area contributed by atoms with Crippen LogP contribution in [0.1, 0.15) is 37.8 Å². The van der Waals surface area contributed by atoms with Crippen LogP contribution in [0, 0.1) is 17.2 Å². The van der Waals surface area contributed by atoms with Crippen molar-refractivity contribution < 1.29 is 19.7 Å². The lowest BCUT2D eigenvalue weighted by Gasteiger charge is -2.32. The average molecular weight is 413 g/mol. The normalized spacial score (nSPS) is 12.9. The molecule has 30 heavy (non-hydrogen) atoms. The topological polar surface area (TPSA) is 94.7 Å². The van der Waals surface area contributed by atoms with Crippen LogP contribution >= 0.6 is 0 Å². The van der Waals surface area contributed by atoms with Gasteiger partial charge in [-0.3, -0.25) is 0 Å². The molecule has 6 heteroatoms. The quantitative estimate of drug-likeness (QED) is 0.480. The standard InChI is InChI=1S/C24H32N2O4/c1-17(2)24(16-25,19-7-9-21(28)23(15-19)30-4)11-5-12-26-13-10-18-6-8-20(27)22(14-18)29-3/h6-9,14-15,17,26-28H,5,10-13H2,1-4H3. The van der Waals surface area contributed by atoms with Crippen LogP contribution in [-0.2, 0) is 11.8 Å². The Balaban J connectivity index is 1.94. The first kappa shape index (κ1) is 23.4. The maximum atomic E-state index is 10.1. The molecule has 0 aliphatic carbocycles. The number of hydrogen-bond acceptors (Lipinski definition) is 6. The number of methoxy groups -OCH3 is 2. The van der Waals surface area contributed by atoms with Gasteiger partial charge in [0.1, 0.15) is 0 Å². The molecule has 0 saturated carbocycles. The number of ether oxygens (including phenoxy) is 2. The molecule has 1 atom stereocenters. The van der Waals surface area contributed by atoms with E-state index >= 15 is 0 Å². The third-order valence-electron chi connectivity index (χ3n) is 5.64. The van der Waals surface area contributed by atoms with Crippen molar-refractivity contribution in [3.05, 3.63) is 47.5 Å². The second kappa shape index (κ2) is 10.7. The van der Waals surface area contributed by atoms with Crippen LogP contribution < -0.4 is 14.8 Å². The van der Waals surface area contributed by atoms with E-state index in [9.17, 15) is 15.5 Å². The van der Waals surface area contributed by atoms with Gasteiger partial charge in [0.15, 0.2) is 23.0 Å². The van der Waals surface area contributed by atoms with Crippen LogP contribution in [0.15, 0.2) is 36.4 Å². The predicted molar refractivity (Wildman–Crippen MR) is 117 cm³/mol. The SMILES string of the molecule is COc1cc(CCNCCCC(C#N)(c2ccc(O)c(OC)c2)C(C)C)ccc1O. The first-order chi connectivity index (χ1) is 14.4. The van der Waals surface area contributed by atoms with Gasteiger partial charge in [0.05, 0.1) is 25.7 Å². The number of phenolic OH excluding ortho intramolecular Hbond substituents is 2. The maximum Gasteiger partial charge on any atom is 0.160 e. The van der Waals surface area contributed by atoms with Gasteiger partial charge in [0, 0.05) is 0 Å². The molecule has 0 aliphatic heterocycles. The van der Waals surface area contributed by atoms with Crippen LogP contribution in [0.25, 0.3) is 0 Å². The summed E-state index contributed by atoms with van der Waals surface area (Å²) in [6.07, 6.45) is 2.36. The van der Waals surface area contributed by atoms with E-state index < -0.39 is 5.41 Å². The molecule has 0 saturated heterocycles. The van der Waals surface area contributed by atoms with Gasteiger partial charge in [0.25, 0.3) is 0 Å². The highest BCUT2D eigenvalue weighted by atomic mass is 16.5. The van der Waals surface area contributed by atoms with Gasteiger partial charge in [0.2, 0.25) is 0 Å². The molecule has 0 aromatic heterocycles. The van der Waals surface area contributed by atoms with Gasteiger partial charge >= 0.3 is 0 Å². The van der Waals surface area contributed by atoms with Gasteiger partial charge in [-0.05, 0) is 73.7 Å². The van der Waals surface area contributed by atoms with E-state index in [0.29, 0.717) is 17.9 Å². The van der Waals surface area contributed by atoms with Gasteiger partial charge in [-0.25, -0.2) is 0 Å². The summed E-state index contributed by atoms with van der Waals surface area (Å²) >= 11 is 0. The minimum atomic E-state index is -0.646. The number of nitriles is 1. The summed E-state index contributed by atoms with van der Waals surface area (Å²) in [7, 11) is 3.05. The van der Waals surface area contributed by atoms with Crippen LogP contribution in [0.3, 0.4) is 0 Å². The van der Waals surface area contributed by atoms with Gasteiger partial charge in [-0.1, -0.05) is 26.0 Å². The molecule has 0 spiro atoms. The maximum absolute atomic E-state index is 10.1. The molecule has 2 aromatic rings. The Bertz CT molecular complexity index is 876. The second-order valence-electron chi connectivity index (χ2n) is 7.73. The van der Waals surface area contributed by atoms with E-state index in [1.54, 1.807) is 18.2 Å². The first-order valence-electron chi connectivity index (χ1n) is 10.2. The largest absolute Gasteiger partial charge is 0.504 e. The third kappa shape index (κ3) is 5.37. The average Bonchev–Trinajstić information content (AvgIpc) is 2.74. The van der Waals surface area contributed by atoms with E-state index in [4.69, 9.17) is 9.47 Å². The molecule has 0 bridgehead atoms. The summed E-state index contributed by atoms with van der Waals surface area (Å²) in [6, 6.07) is 13.1. The predicted octanol–water partition coefficient (Wildman–Crippen LogP) is 4.14. The summed E-state index contributed by atoms with van der Waals surface area (Å²) in [5.41, 5.74) is 1.31. The Morgan fingerprint density at radius 2 is 1.63 bits per heavy atom. The molecular weight excluding hydrogens is 380 g/mol. The highest BCUT2D eigenvalue weighted by Gasteiger charge is 2.36. The Hall–Kier alpha value is -2.91. The lowest BCUT2D eigenvalue weighted by molar-refractivity contribution is 0.347. The molecule has 162 valence electrons. The number of rotatable bonds is 11. The summed E-state index contributed by atoms with van der Waals surface area (Å²) in [5, 5.41) is 33.0. The number of phenols is 2. The number of benzene rings is 2. The minimum Gasteiger partial charge on any atom is -0.504 e. The van der Waals surface area contributed by atoms with Crippen LogP contribution in [0.5, 0.6) is 23.0 Å². The molecule has 0 fully saturated rings. The first-order valence-corrected chi connectivity index (χ1v) is 10.2. The van der Waals surface area contributed by atoms with E-state index in [2.05, 4.69) is 11.4 Å². The highest BCUT2D eigenvalue weighted by molar-refractivity contribution is 5.46. The number of aromatic hydroxyl groups is 2. The van der Waals surface area contributed by atoms with Crippen molar-refractivity contribution >= 4 is 0 Å². The molecule has 6 nitrogen and oxygen atoms in total. The molecule has 3 N–H and O–H groups in total. The third-order valence-corrected chi connectivity index (χ3v) is 5.64. The van der Waals surface area contributed by atoms with E-state index in [1.165, 1.54) is 14.2 Å². The van der Waals surface area contributed by atoms with Crippen molar-refractivity contribution in [2.75, 3.05) is 27.3 Å². The Morgan fingerprint density at radius 3 is 2.23 bits per heavy atom. The molecule has 2 rings (SSSR count). The summed E-state index contributed by atoms with van der Waals surface area (Å²) in [5.74, 6) is 1.19. The summed E-state index contributed by atoms with van der Waals surface area (Å²) < 4.78 is 10.4. The smallest absolute Gasteiger partial charge is 0.160 e. The zero-order valence-electron chi connectivity index (χ0n) is 18.2. The Morgan fingerprint density at radius 1 is 1.00 bits per heavy atom. The molecule has 0 radical (unpaired) electrons.